The predicted octanol–water partition coefficient (Wildman–Crippen LogP) is 1.30. The Balaban J connectivity index is 1.66. The summed E-state index contributed by atoms with van der Waals surface area (Å²) in [6.07, 6.45) is 1.81. The van der Waals surface area contributed by atoms with Crippen molar-refractivity contribution in [3.63, 3.8) is 0 Å². The zero-order valence-corrected chi connectivity index (χ0v) is 13.9. The third-order valence-electron chi connectivity index (χ3n) is 4.56. The molecule has 0 saturated carbocycles. The lowest BCUT2D eigenvalue weighted by Gasteiger charge is -2.40. The fraction of sp³-hybridized carbons (Fsp3) is 0.500. The normalized spacial score (nSPS) is 22.5. The number of amides is 2. The summed E-state index contributed by atoms with van der Waals surface area (Å²) in [7, 11) is -3.50. The largest absolute Gasteiger partial charge is 0.283 e. The van der Waals surface area contributed by atoms with E-state index in [1.165, 1.54) is 9.21 Å². The molecule has 3 rings (SSSR count). The molecular weight excluding hydrogens is 316 g/mol. The molecule has 0 spiro atoms. The second-order valence-electron chi connectivity index (χ2n) is 6.10. The first-order valence-electron chi connectivity index (χ1n) is 7.81. The minimum Gasteiger partial charge on any atom is -0.283 e. The van der Waals surface area contributed by atoms with Gasteiger partial charge in [0, 0.05) is 32.0 Å². The zero-order chi connectivity index (χ0) is 16.6. The van der Waals surface area contributed by atoms with E-state index in [4.69, 9.17) is 0 Å². The smallest absolute Gasteiger partial charge is 0.243 e. The van der Waals surface area contributed by atoms with Gasteiger partial charge in [0.2, 0.25) is 21.8 Å². The third kappa shape index (κ3) is 3.03. The Kier molecular flexibility index (Phi) is 4.25. The quantitative estimate of drug-likeness (QED) is 0.760. The molecule has 1 aromatic rings. The molecule has 2 saturated heterocycles. The average molecular weight is 336 g/mol. The van der Waals surface area contributed by atoms with Gasteiger partial charge < -0.3 is 0 Å². The first-order valence-corrected chi connectivity index (χ1v) is 9.25. The van der Waals surface area contributed by atoms with Gasteiger partial charge in [-0.05, 0) is 31.9 Å². The molecule has 0 bridgehead atoms. The number of likely N-dealkylation sites (tertiary alicyclic amines) is 1. The Morgan fingerprint density at radius 1 is 1.09 bits per heavy atom. The summed E-state index contributed by atoms with van der Waals surface area (Å²) in [6, 6.07) is 6.66. The van der Waals surface area contributed by atoms with E-state index in [0.29, 0.717) is 24.4 Å². The third-order valence-corrected chi connectivity index (χ3v) is 6.52. The molecule has 2 aliphatic rings. The van der Waals surface area contributed by atoms with Gasteiger partial charge in [0.15, 0.2) is 0 Å². The maximum atomic E-state index is 12.6. The molecule has 23 heavy (non-hydrogen) atoms. The van der Waals surface area contributed by atoms with E-state index in [1.807, 2.05) is 6.92 Å². The van der Waals surface area contributed by atoms with Gasteiger partial charge in [-0.3, -0.25) is 14.5 Å². The van der Waals surface area contributed by atoms with E-state index in [2.05, 4.69) is 0 Å². The Morgan fingerprint density at radius 3 is 2.22 bits per heavy atom. The number of hydrogen-bond donors (Lipinski definition) is 0. The van der Waals surface area contributed by atoms with E-state index in [-0.39, 0.29) is 30.7 Å². The number of benzene rings is 1. The second-order valence-corrected chi connectivity index (χ2v) is 7.99. The molecule has 7 heteroatoms. The Bertz CT molecular complexity index is 711. The molecule has 2 aliphatic heterocycles. The number of carbonyl (C=O) groups is 2. The minimum absolute atomic E-state index is 0.137. The molecule has 6 nitrogen and oxygen atoms in total. The van der Waals surface area contributed by atoms with Gasteiger partial charge in [-0.2, -0.15) is 4.31 Å². The highest BCUT2D eigenvalue weighted by Gasteiger charge is 2.39. The van der Waals surface area contributed by atoms with Gasteiger partial charge in [-0.15, -0.1) is 0 Å². The molecule has 0 radical (unpaired) electrons. The van der Waals surface area contributed by atoms with Crippen molar-refractivity contribution < 1.29 is 18.0 Å². The van der Waals surface area contributed by atoms with Crippen LogP contribution in [0.25, 0.3) is 0 Å². The molecule has 0 aliphatic carbocycles. The van der Waals surface area contributed by atoms with Crippen LogP contribution in [-0.2, 0) is 19.6 Å². The number of sulfonamides is 1. The first kappa shape index (κ1) is 16.1. The lowest BCUT2D eigenvalue weighted by Crippen LogP contribution is -2.52. The van der Waals surface area contributed by atoms with Crippen molar-refractivity contribution in [2.45, 2.75) is 43.5 Å². The van der Waals surface area contributed by atoms with Crippen LogP contribution in [0.5, 0.6) is 0 Å². The van der Waals surface area contributed by atoms with Crippen molar-refractivity contribution in [2.75, 3.05) is 13.1 Å². The van der Waals surface area contributed by atoms with Crippen molar-refractivity contribution >= 4 is 21.8 Å². The number of aryl methyl sites for hydroxylation is 1. The highest BCUT2D eigenvalue weighted by Crippen LogP contribution is 2.29. The van der Waals surface area contributed by atoms with Gasteiger partial charge in [0.1, 0.15) is 0 Å². The van der Waals surface area contributed by atoms with Gasteiger partial charge in [0.05, 0.1) is 4.90 Å². The lowest BCUT2D eigenvalue weighted by atomic mass is 10.0. The summed E-state index contributed by atoms with van der Waals surface area (Å²) >= 11 is 0. The van der Waals surface area contributed by atoms with Gasteiger partial charge in [0.25, 0.3) is 0 Å². The van der Waals surface area contributed by atoms with E-state index < -0.39 is 10.0 Å². The number of imide groups is 1. The van der Waals surface area contributed by atoms with Crippen LogP contribution in [0, 0.1) is 6.92 Å². The number of carbonyl (C=O) groups excluding carboxylic acids is 2. The van der Waals surface area contributed by atoms with E-state index in [0.717, 1.165) is 12.0 Å². The minimum atomic E-state index is -3.50. The Morgan fingerprint density at radius 2 is 1.70 bits per heavy atom. The van der Waals surface area contributed by atoms with Crippen LogP contribution in [0.4, 0.5) is 0 Å². The molecule has 124 valence electrons. The highest BCUT2D eigenvalue weighted by molar-refractivity contribution is 7.89. The standard InChI is InChI=1S/C16H20N2O4S/c1-12-2-4-14(5-3-12)23(21,22)18-11-9-13(18)8-10-17-15(19)6-7-16(17)20/h2-5,13H,6-11H2,1H3. The molecule has 1 unspecified atom stereocenters. The summed E-state index contributed by atoms with van der Waals surface area (Å²) in [4.78, 5) is 24.8. The van der Waals surface area contributed by atoms with Crippen molar-refractivity contribution in [3.05, 3.63) is 29.8 Å². The van der Waals surface area contributed by atoms with E-state index in [1.54, 1.807) is 24.3 Å². The summed E-state index contributed by atoms with van der Waals surface area (Å²) in [6.45, 7) is 2.71. The van der Waals surface area contributed by atoms with Crippen LogP contribution in [0.15, 0.2) is 29.2 Å². The summed E-state index contributed by atoms with van der Waals surface area (Å²) in [5, 5.41) is 0. The fourth-order valence-electron chi connectivity index (χ4n) is 3.02. The van der Waals surface area contributed by atoms with Crippen molar-refractivity contribution in [1.29, 1.82) is 0 Å². The van der Waals surface area contributed by atoms with E-state index >= 15 is 0 Å². The zero-order valence-electron chi connectivity index (χ0n) is 13.1. The number of nitrogens with zero attached hydrogens (tertiary/aromatic N) is 2. The monoisotopic (exact) mass is 336 g/mol. The van der Waals surface area contributed by atoms with Crippen LogP contribution in [0.1, 0.15) is 31.2 Å². The number of rotatable bonds is 5. The van der Waals surface area contributed by atoms with Crippen LogP contribution in [-0.4, -0.2) is 48.6 Å². The molecule has 1 aromatic carbocycles. The molecule has 1 atom stereocenters. The molecule has 2 fully saturated rings. The lowest BCUT2D eigenvalue weighted by molar-refractivity contribution is -0.138. The van der Waals surface area contributed by atoms with Crippen molar-refractivity contribution in [3.8, 4) is 0 Å². The molecule has 0 N–H and O–H groups in total. The fourth-order valence-corrected chi connectivity index (χ4v) is 4.72. The first-order chi connectivity index (χ1) is 10.9. The maximum absolute atomic E-state index is 12.6. The molecule has 2 heterocycles. The second kappa shape index (κ2) is 6.05. The Hall–Kier alpha value is -1.73. The molecular formula is C16H20N2O4S. The summed E-state index contributed by atoms with van der Waals surface area (Å²) in [5.74, 6) is -0.301. The van der Waals surface area contributed by atoms with Crippen LogP contribution in [0.3, 0.4) is 0 Å². The maximum Gasteiger partial charge on any atom is 0.243 e. The molecule has 2 amide bonds. The van der Waals surface area contributed by atoms with Crippen molar-refractivity contribution in [1.82, 2.24) is 9.21 Å². The SMILES string of the molecule is Cc1ccc(S(=O)(=O)N2CCC2CCN2C(=O)CCC2=O)cc1. The van der Waals surface area contributed by atoms with E-state index in [9.17, 15) is 18.0 Å². The molecule has 0 aromatic heterocycles. The number of hydrogen-bond acceptors (Lipinski definition) is 4. The average Bonchev–Trinajstić information content (AvgIpc) is 2.78. The predicted molar refractivity (Wildman–Crippen MR) is 84.0 cm³/mol. The van der Waals surface area contributed by atoms with Crippen LogP contribution >= 0.6 is 0 Å². The summed E-state index contributed by atoms with van der Waals surface area (Å²) in [5.41, 5.74) is 1.01. The topological polar surface area (TPSA) is 74.8 Å². The van der Waals surface area contributed by atoms with Gasteiger partial charge >= 0.3 is 0 Å². The van der Waals surface area contributed by atoms with Crippen LogP contribution in [0.2, 0.25) is 0 Å². The van der Waals surface area contributed by atoms with Gasteiger partial charge in [-0.1, -0.05) is 17.7 Å². The Labute approximate surface area is 136 Å². The van der Waals surface area contributed by atoms with Gasteiger partial charge in [-0.25, -0.2) is 8.42 Å². The van der Waals surface area contributed by atoms with Crippen molar-refractivity contribution in [2.24, 2.45) is 0 Å². The summed E-state index contributed by atoms with van der Waals surface area (Å²) < 4.78 is 26.8. The van der Waals surface area contributed by atoms with Crippen LogP contribution < -0.4 is 0 Å². The highest BCUT2D eigenvalue weighted by atomic mass is 32.2.